The highest BCUT2D eigenvalue weighted by atomic mass is 79.9. The molecule has 3 aliphatic heterocycles. The first-order chi connectivity index (χ1) is 15.4. The van der Waals surface area contributed by atoms with E-state index in [9.17, 15) is 15.8 Å². The minimum Gasteiger partial charge on any atom is -0.496 e. The van der Waals surface area contributed by atoms with E-state index < -0.39 is 40.3 Å². The molecule has 4 atom stereocenters. The molecule has 1 aromatic carbocycles. The number of hydrogen-bond donors (Lipinski definition) is 1. The van der Waals surface area contributed by atoms with Crippen molar-refractivity contribution in [3.63, 3.8) is 0 Å². The standard InChI is InChI=1S/C22H19BrN4O5/c1-28-15-3-2-13(8-14(15)23)17-19(10-24,11-25)21(12-26)16-9-20(29-6-7-30-20)4-5-22(16,31-17)32-18(21)27/h2-3,8,16-17,27H,4-7,9H2,1H3. The average molecular weight is 499 g/mol. The molecule has 0 radical (unpaired) electrons. The topological polar surface area (TPSA) is 141 Å². The highest BCUT2D eigenvalue weighted by molar-refractivity contribution is 9.10. The summed E-state index contributed by atoms with van der Waals surface area (Å²) in [6.07, 6.45) is -0.196. The van der Waals surface area contributed by atoms with Gasteiger partial charge in [-0.1, -0.05) is 6.07 Å². The zero-order valence-corrected chi connectivity index (χ0v) is 18.8. The number of ether oxygens (including phenoxy) is 5. The number of rotatable bonds is 2. The molecule has 3 saturated heterocycles. The van der Waals surface area contributed by atoms with Crippen LogP contribution in [0.2, 0.25) is 0 Å². The smallest absolute Gasteiger partial charge is 0.218 e. The minimum atomic E-state index is -2.03. The minimum absolute atomic E-state index is 0.188. The Morgan fingerprint density at radius 3 is 2.44 bits per heavy atom. The number of benzene rings is 1. The van der Waals surface area contributed by atoms with E-state index in [4.69, 9.17) is 29.1 Å². The van der Waals surface area contributed by atoms with Crippen LogP contribution < -0.4 is 4.74 Å². The van der Waals surface area contributed by atoms with Crippen LogP contribution in [0.4, 0.5) is 0 Å². The molecule has 5 rings (SSSR count). The van der Waals surface area contributed by atoms with Crippen molar-refractivity contribution >= 4 is 21.8 Å². The van der Waals surface area contributed by atoms with E-state index in [1.165, 1.54) is 7.11 Å². The number of halogens is 1. The Morgan fingerprint density at radius 1 is 1.12 bits per heavy atom. The van der Waals surface area contributed by atoms with Crippen LogP contribution in [0.15, 0.2) is 22.7 Å². The fourth-order valence-corrected chi connectivity index (χ4v) is 6.25. The fourth-order valence-electron chi connectivity index (χ4n) is 5.70. The molecule has 32 heavy (non-hydrogen) atoms. The molecule has 1 N–H and O–H groups in total. The van der Waals surface area contributed by atoms with E-state index in [0.29, 0.717) is 41.8 Å². The second kappa shape index (κ2) is 6.91. The molecular weight excluding hydrogens is 480 g/mol. The van der Waals surface area contributed by atoms with Crippen molar-refractivity contribution < 1.29 is 23.7 Å². The van der Waals surface area contributed by atoms with Gasteiger partial charge in [-0.15, -0.1) is 0 Å². The molecule has 2 bridgehead atoms. The number of nitrogens with one attached hydrogen (secondary N) is 1. The molecule has 9 nitrogen and oxygen atoms in total. The Hall–Kier alpha value is -2.68. The SMILES string of the molecule is COc1ccc(C2OC34CCC5(CC3C(C#N)(C(=N)O4)C2(C#N)C#N)OCCO5)cc1Br. The lowest BCUT2D eigenvalue weighted by atomic mass is 9.51. The third-order valence-electron chi connectivity index (χ3n) is 7.21. The van der Waals surface area contributed by atoms with Crippen molar-refractivity contribution in [1.29, 1.82) is 21.2 Å². The molecule has 1 aromatic rings. The Kier molecular flexibility index (Phi) is 4.57. The van der Waals surface area contributed by atoms with Gasteiger partial charge in [0.1, 0.15) is 11.9 Å². The van der Waals surface area contributed by atoms with Gasteiger partial charge in [-0.25, -0.2) is 0 Å². The molecule has 4 unspecified atom stereocenters. The van der Waals surface area contributed by atoms with Crippen molar-refractivity contribution in [1.82, 2.24) is 0 Å². The molecule has 4 aliphatic rings. The van der Waals surface area contributed by atoms with E-state index >= 15 is 0 Å². The van der Waals surface area contributed by atoms with Gasteiger partial charge in [0.05, 0.1) is 48.9 Å². The van der Waals surface area contributed by atoms with Crippen molar-refractivity contribution in [2.75, 3.05) is 20.3 Å². The van der Waals surface area contributed by atoms with E-state index in [-0.39, 0.29) is 6.42 Å². The van der Waals surface area contributed by atoms with E-state index in [1.807, 2.05) is 0 Å². The van der Waals surface area contributed by atoms with Gasteiger partial charge in [0.25, 0.3) is 0 Å². The molecular formula is C22H19BrN4O5. The van der Waals surface area contributed by atoms with Crippen LogP contribution in [0.1, 0.15) is 30.9 Å². The summed E-state index contributed by atoms with van der Waals surface area (Å²) in [4.78, 5) is 0. The van der Waals surface area contributed by atoms with Gasteiger partial charge in [0.2, 0.25) is 17.1 Å². The van der Waals surface area contributed by atoms with E-state index in [2.05, 4.69) is 34.1 Å². The van der Waals surface area contributed by atoms with Crippen LogP contribution >= 0.6 is 15.9 Å². The average Bonchev–Trinajstić information content (AvgIpc) is 3.33. The molecule has 1 saturated carbocycles. The van der Waals surface area contributed by atoms with Gasteiger partial charge in [-0.2, -0.15) is 15.8 Å². The first kappa shape index (κ1) is 21.2. The summed E-state index contributed by atoms with van der Waals surface area (Å²) < 4.78 is 30.0. The van der Waals surface area contributed by atoms with Gasteiger partial charge >= 0.3 is 0 Å². The highest BCUT2D eigenvalue weighted by Crippen LogP contribution is 2.70. The van der Waals surface area contributed by atoms with E-state index in [1.54, 1.807) is 18.2 Å². The molecule has 3 heterocycles. The lowest BCUT2D eigenvalue weighted by Gasteiger charge is -2.54. The number of methoxy groups -OCH3 is 1. The molecule has 1 aliphatic carbocycles. The van der Waals surface area contributed by atoms with Crippen LogP contribution in [0.5, 0.6) is 5.75 Å². The largest absolute Gasteiger partial charge is 0.496 e. The predicted octanol–water partition coefficient (Wildman–Crippen LogP) is 3.32. The van der Waals surface area contributed by atoms with Gasteiger partial charge in [-0.05, 0) is 33.6 Å². The Bertz CT molecular complexity index is 1120. The summed E-state index contributed by atoms with van der Waals surface area (Å²) in [5, 5.41) is 39.9. The predicted molar refractivity (Wildman–Crippen MR) is 110 cm³/mol. The quantitative estimate of drug-likeness (QED) is 0.653. The first-order valence-electron chi connectivity index (χ1n) is 10.2. The van der Waals surface area contributed by atoms with Gasteiger partial charge < -0.3 is 23.7 Å². The van der Waals surface area contributed by atoms with Crippen LogP contribution in [0.25, 0.3) is 0 Å². The molecule has 10 heteroatoms. The normalized spacial score (nSPS) is 35.8. The Balaban J connectivity index is 1.70. The summed E-state index contributed by atoms with van der Waals surface area (Å²) in [5.74, 6) is -2.89. The van der Waals surface area contributed by atoms with Gasteiger partial charge in [0.15, 0.2) is 11.2 Å². The summed E-state index contributed by atoms with van der Waals surface area (Å²) in [6.45, 7) is 0.838. The van der Waals surface area contributed by atoms with Crippen molar-refractivity contribution in [3.05, 3.63) is 28.2 Å². The fraction of sp³-hybridized carbons (Fsp3) is 0.545. The van der Waals surface area contributed by atoms with Crippen LogP contribution in [0, 0.1) is 56.2 Å². The zero-order valence-electron chi connectivity index (χ0n) is 17.2. The molecule has 164 valence electrons. The van der Waals surface area contributed by atoms with Gasteiger partial charge in [0, 0.05) is 19.3 Å². The van der Waals surface area contributed by atoms with E-state index in [0.717, 1.165) is 0 Å². The lowest BCUT2D eigenvalue weighted by molar-refractivity contribution is -0.330. The Labute approximate surface area is 193 Å². The molecule has 1 spiro atoms. The summed E-state index contributed by atoms with van der Waals surface area (Å²) in [7, 11) is 1.53. The monoisotopic (exact) mass is 498 g/mol. The maximum atomic E-state index is 10.5. The van der Waals surface area contributed by atoms with Crippen molar-refractivity contribution in [3.8, 4) is 24.0 Å². The van der Waals surface area contributed by atoms with Crippen molar-refractivity contribution in [2.24, 2.45) is 16.7 Å². The number of hydrogen-bond acceptors (Lipinski definition) is 9. The van der Waals surface area contributed by atoms with Crippen molar-refractivity contribution in [2.45, 2.75) is 36.9 Å². The van der Waals surface area contributed by atoms with Crippen LogP contribution in [-0.2, 0) is 18.9 Å². The maximum Gasteiger partial charge on any atom is 0.218 e. The first-order valence-corrected chi connectivity index (χ1v) is 11.0. The lowest BCUT2D eigenvalue weighted by Crippen LogP contribution is -2.63. The van der Waals surface area contributed by atoms with Gasteiger partial charge in [-0.3, -0.25) is 5.41 Å². The summed E-state index contributed by atoms with van der Waals surface area (Å²) in [6, 6.07) is 11.4. The molecule has 0 aromatic heterocycles. The highest BCUT2D eigenvalue weighted by Gasteiger charge is 2.82. The third kappa shape index (κ3) is 2.37. The second-order valence-electron chi connectivity index (χ2n) is 8.45. The third-order valence-corrected chi connectivity index (χ3v) is 7.83. The second-order valence-corrected chi connectivity index (χ2v) is 9.30. The summed E-state index contributed by atoms with van der Waals surface area (Å²) >= 11 is 3.43. The number of nitriles is 3. The van der Waals surface area contributed by atoms with Crippen LogP contribution in [-0.4, -0.2) is 37.8 Å². The molecule has 0 amide bonds. The molecule has 4 fully saturated rings. The summed E-state index contributed by atoms with van der Waals surface area (Å²) in [5.41, 5.74) is -3.38. The maximum absolute atomic E-state index is 10.5. The van der Waals surface area contributed by atoms with Crippen LogP contribution in [0.3, 0.4) is 0 Å². The zero-order chi connectivity index (χ0) is 22.8. The number of nitrogens with zero attached hydrogens (tertiary/aromatic N) is 3. The Morgan fingerprint density at radius 2 is 1.84 bits per heavy atom.